The monoisotopic (exact) mass is 398 g/mol. The largest absolute Gasteiger partial charge is 0.507 e. The van der Waals surface area contributed by atoms with Crippen LogP contribution in [0.4, 0.5) is 17.6 Å². The maximum atomic E-state index is 14.5. The van der Waals surface area contributed by atoms with E-state index in [4.69, 9.17) is 5.11 Å². The van der Waals surface area contributed by atoms with E-state index in [2.05, 4.69) is 10.1 Å². The van der Waals surface area contributed by atoms with E-state index >= 15 is 0 Å². The molecule has 0 bridgehead atoms. The lowest BCUT2D eigenvalue weighted by molar-refractivity contribution is -0.140. The predicted octanol–water partition coefficient (Wildman–Crippen LogP) is 2.07. The smallest absolute Gasteiger partial charge is 0.419 e. The summed E-state index contributed by atoms with van der Waals surface area (Å²) in [7, 11) is 0. The number of aromatic nitrogens is 3. The Hall–Kier alpha value is -3.70. The number of carbonyl (C=O) groups excluding carboxylic acids is 1. The van der Waals surface area contributed by atoms with E-state index in [1.807, 2.05) is 5.32 Å². The van der Waals surface area contributed by atoms with Gasteiger partial charge in [0.1, 0.15) is 30.0 Å². The Morgan fingerprint density at radius 2 is 1.96 bits per heavy atom. The van der Waals surface area contributed by atoms with Gasteiger partial charge in [0, 0.05) is 11.6 Å². The third kappa shape index (κ3) is 3.31. The van der Waals surface area contributed by atoms with Crippen LogP contribution in [0.25, 0.3) is 16.9 Å². The molecule has 0 atom stereocenters. The molecule has 1 aromatic carbocycles. The number of benzene rings is 1. The topological polar surface area (TPSA) is 117 Å². The molecule has 146 valence electrons. The summed E-state index contributed by atoms with van der Waals surface area (Å²) in [6.07, 6.45) is -4.00. The summed E-state index contributed by atoms with van der Waals surface area (Å²) in [5.74, 6) is -4.67. The summed E-state index contributed by atoms with van der Waals surface area (Å²) in [6, 6.07) is 3.43. The summed E-state index contributed by atoms with van der Waals surface area (Å²) >= 11 is 0. The standard InChI is InChI=1S/C16H10F4N4O4/c17-13-7(2-1-3-8(13)16(18,19)20)9-4-10(25)12(14-22-6-23-24(9)14)15(28)21-5-11(26)27/h1-4,6,25H,5H2,(H,21,28)(H,26,27). The average molecular weight is 398 g/mol. The highest BCUT2D eigenvalue weighted by Gasteiger charge is 2.35. The van der Waals surface area contributed by atoms with Crippen LogP contribution in [0.2, 0.25) is 0 Å². The van der Waals surface area contributed by atoms with Gasteiger partial charge in [-0.1, -0.05) is 6.07 Å². The van der Waals surface area contributed by atoms with Gasteiger partial charge in [0.15, 0.2) is 5.65 Å². The highest BCUT2D eigenvalue weighted by Crippen LogP contribution is 2.37. The second kappa shape index (κ2) is 6.79. The minimum Gasteiger partial charge on any atom is -0.507 e. The number of amides is 1. The van der Waals surface area contributed by atoms with Crippen molar-refractivity contribution in [3.63, 3.8) is 0 Å². The predicted molar refractivity (Wildman–Crippen MR) is 85.0 cm³/mol. The average Bonchev–Trinajstić information content (AvgIpc) is 3.07. The summed E-state index contributed by atoms with van der Waals surface area (Å²) in [5, 5.41) is 24.6. The van der Waals surface area contributed by atoms with Crippen molar-refractivity contribution >= 4 is 17.5 Å². The summed E-state index contributed by atoms with van der Waals surface area (Å²) in [4.78, 5) is 26.5. The number of fused-ring (bicyclic) bond motifs is 1. The first-order chi connectivity index (χ1) is 13.1. The van der Waals surface area contributed by atoms with Crippen LogP contribution in [0.5, 0.6) is 5.75 Å². The molecule has 3 rings (SSSR count). The van der Waals surface area contributed by atoms with Crippen molar-refractivity contribution in [3.05, 3.63) is 47.5 Å². The molecule has 0 aliphatic carbocycles. The number of hydrogen-bond acceptors (Lipinski definition) is 5. The molecule has 28 heavy (non-hydrogen) atoms. The van der Waals surface area contributed by atoms with E-state index in [9.17, 15) is 32.3 Å². The van der Waals surface area contributed by atoms with Crippen molar-refractivity contribution in [2.45, 2.75) is 6.18 Å². The Labute approximate surface area is 153 Å². The van der Waals surface area contributed by atoms with Crippen molar-refractivity contribution in [3.8, 4) is 17.0 Å². The maximum Gasteiger partial charge on any atom is 0.419 e. The van der Waals surface area contributed by atoms with Gasteiger partial charge < -0.3 is 15.5 Å². The number of aromatic hydroxyl groups is 1. The van der Waals surface area contributed by atoms with Gasteiger partial charge in [-0.25, -0.2) is 13.9 Å². The van der Waals surface area contributed by atoms with Crippen molar-refractivity contribution in [2.24, 2.45) is 0 Å². The molecule has 0 saturated carbocycles. The Kier molecular flexibility index (Phi) is 4.63. The number of rotatable bonds is 4. The van der Waals surface area contributed by atoms with Gasteiger partial charge in [-0.15, -0.1) is 0 Å². The van der Waals surface area contributed by atoms with Crippen LogP contribution in [0.3, 0.4) is 0 Å². The first-order valence-corrected chi connectivity index (χ1v) is 7.53. The Morgan fingerprint density at radius 1 is 1.25 bits per heavy atom. The second-order valence-corrected chi connectivity index (χ2v) is 5.53. The molecule has 0 saturated heterocycles. The molecule has 12 heteroatoms. The van der Waals surface area contributed by atoms with Crippen LogP contribution < -0.4 is 5.32 Å². The molecule has 2 heterocycles. The first kappa shape index (κ1) is 19.1. The molecule has 8 nitrogen and oxygen atoms in total. The fourth-order valence-corrected chi connectivity index (χ4v) is 2.57. The molecule has 0 aliphatic heterocycles. The fourth-order valence-electron chi connectivity index (χ4n) is 2.57. The van der Waals surface area contributed by atoms with E-state index in [-0.39, 0.29) is 11.3 Å². The molecule has 3 aromatic rings. The SMILES string of the molecule is O=C(O)CNC(=O)c1c(O)cc(-c2cccc(C(F)(F)F)c2F)n2ncnc12. The molecule has 2 aromatic heterocycles. The molecule has 0 aliphatic rings. The molecular weight excluding hydrogens is 388 g/mol. The number of aliphatic carboxylic acids is 1. The molecule has 0 radical (unpaired) electrons. The fraction of sp³-hybridized carbons (Fsp3) is 0.125. The zero-order valence-corrected chi connectivity index (χ0v) is 13.7. The highest BCUT2D eigenvalue weighted by atomic mass is 19.4. The van der Waals surface area contributed by atoms with Crippen molar-refractivity contribution in [1.29, 1.82) is 0 Å². The summed E-state index contributed by atoms with van der Waals surface area (Å²) < 4.78 is 54.3. The third-order valence-corrected chi connectivity index (χ3v) is 3.74. The molecule has 1 amide bonds. The van der Waals surface area contributed by atoms with Gasteiger partial charge in [-0.05, 0) is 12.1 Å². The number of nitrogens with one attached hydrogen (secondary N) is 1. The number of carboxylic acid groups (broad SMARTS) is 1. The highest BCUT2D eigenvalue weighted by molar-refractivity contribution is 6.04. The number of carbonyl (C=O) groups is 2. The van der Waals surface area contributed by atoms with Crippen LogP contribution in [-0.4, -0.2) is 43.2 Å². The van der Waals surface area contributed by atoms with Gasteiger partial charge in [-0.3, -0.25) is 9.59 Å². The van der Waals surface area contributed by atoms with Crippen LogP contribution in [0.1, 0.15) is 15.9 Å². The van der Waals surface area contributed by atoms with Crippen LogP contribution in [-0.2, 0) is 11.0 Å². The Bertz CT molecular complexity index is 1090. The minimum atomic E-state index is -4.94. The van der Waals surface area contributed by atoms with Gasteiger partial charge in [-0.2, -0.15) is 18.3 Å². The van der Waals surface area contributed by atoms with Gasteiger partial charge in [0.05, 0.1) is 11.3 Å². The number of nitrogens with zero attached hydrogens (tertiary/aromatic N) is 3. The van der Waals surface area contributed by atoms with Gasteiger partial charge >= 0.3 is 12.1 Å². The quantitative estimate of drug-likeness (QED) is 0.580. The van der Waals surface area contributed by atoms with Crippen molar-refractivity contribution in [2.75, 3.05) is 6.54 Å². The number of halogens is 4. The summed E-state index contributed by atoms with van der Waals surface area (Å²) in [6.45, 7) is -0.747. The zero-order valence-electron chi connectivity index (χ0n) is 13.7. The number of pyridine rings is 1. The van der Waals surface area contributed by atoms with Gasteiger partial charge in [0.25, 0.3) is 5.91 Å². The Balaban J connectivity index is 2.19. The van der Waals surface area contributed by atoms with E-state index in [1.54, 1.807) is 0 Å². The van der Waals surface area contributed by atoms with E-state index in [0.29, 0.717) is 6.07 Å². The first-order valence-electron chi connectivity index (χ1n) is 7.53. The van der Waals surface area contributed by atoms with Crippen LogP contribution >= 0.6 is 0 Å². The normalized spacial score (nSPS) is 11.6. The molecule has 0 fully saturated rings. The number of hydrogen-bond donors (Lipinski definition) is 3. The lowest BCUT2D eigenvalue weighted by Gasteiger charge is -2.14. The van der Waals surface area contributed by atoms with Gasteiger partial charge in [0.2, 0.25) is 0 Å². The van der Waals surface area contributed by atoms with Crippen LogP contribution in [0.15, 0.2) is 30.6 Å². The number of alkyl halides is 3. The zero-order chi connectivity index (χ0) is 20.6. The van der Waals surface area contributed by atoms with Crippen molar-refractivity contribution in [1.82, 2.24) is 19.9 Å². The van der Waals surface area contributed by atoms with E-state index in [1.165, 1.54) is 0 Å². The lowest BCUT2D eigenvalue weighted by Crippen LogP contribution is -2.29. The third-order valence-electron chi connectivity index (χ3n) is 3.74. The number of carboxylic acids is 1. The molecule has 0 unspecified atom stereocenters. The maximum absolute atomic E-state index is 14.5. The van der Waals surface area contributed by atoms with Crippen LogP contribution in [0, 0.1) is 5.82 Å². The summed E-state index contributed by atoms with van der Waals surface area (Å²) in [5.41, 5.74) is -3.09. The minimum absolute atomic E-state index is 0.289. The molecule has 0 spiro atoms. The van der Waals surface area contributed by atoms with E-state index < -0.39 is 52.9 Å². The van der Waals surface area contributed by atoms with Crippen molar-refractivity contribution < 1.29 is 37.4 Å². The second-order valence-electron chi connectivity index (χ2n) is 5.53. The molecule has 3 N–H and O–H groups in total. The Morgan fingerprint density at radius 3 is 2.61 bits per heavy atom. The molecular formula is C16H10F4N4O4. The van der Waals surface area contributed by atoms with E-state index in [0.717, 1.165) is 29.0 Å². The lowest BCUT2D eigenvalue weighted by atomic mass is 10.0.